The number of sulfonamides is 1. The normalized spacial score (nSPS) is 16.0. The summed E-state index contributed by atoms with van der Waals surface area (Å²) in [6.07, 6.45) is -4.66. The minimum Gasteiger partial charge on any atom is -0.478 e. The van der Waals surface area contributed by atoms with Crippen molar-refractivity contribution < 1.29 is 41.1 Å². The molecule has 1 atom stereocenters. The summed E-state index contributed by atoms with van der Waals surface area (Å²) in [6, 6.07) is 13.8. The Labute approximate surface area is 252 Å². The van der Waals surface area contributed by atoms with Crippen LogP contribution in [0.15, 0.2) is 77.7 Å². The molecule has 0 bridgehead atoms. The lowest BCUT2D eigenvalue weighted by molar-refractivity contribution is -0.137. The maximum absolute atomic E-state index is 13.6. The molecule has 44 heavy (non-hydrogen) atoms. The highest BCUT2D eigenvalue weighted by Crippen LogP contribution is 2.31. The van der Waals surface area contributed by atoms with Gasteiger partial charge in [0.1, 0.15) is 6.04 Å². The van der Waals surface area contributed by atoms with Crippen LogP contribution in [-0.2, 0) is 27.5 Å². The predicted molar refractivity (Wildman–Crippen MR) is 155 cm³/mol. The minimum atomic E-state index is -4.66. The van der Waals surface area contributed by atoms with Crippen LogP contribution in [-0.4, -0.2) is 66.3 Å². The van der Waals surface area contributed by atoms with Crippen LogP contribution >= 0.6 is 0 Å². The molecule has 0 aliphatic carbocycles. The molecule has 1 fully saturated rings. The number of hydrogen-bond donors (Lipinski definition) is 3. The van der Waals surface area contributed by atoms with E-state index in [-0.39, 0.29) is 37.4 Å². The first-order valence-corrected chi connectivity index (χ1v) is 15.1. The van der Waals surface area contributed by atoms with Crippen molar-refractivity contribution in [3.8, 4) is 0 Å². The van der Waals surface area contributed by atoms with Crippen molar-refractivity contribution in [1.82, 2.24) is 14.5 Å². The Morgan fingerprint density at radius 2 is 1.55 bits per heavy atom. The quantitative estimate of drug-likeness (QED) is 0.328. The number of anilines is 1. The van der Waals surface area contributed by atoms with Crippen molar-refractivity contribution in [3.63, 3.8) is 0 Å². The van der Waals surface area contributed by atoms with Crippen molar-refractivity contribution in [3.05, 3.63) is 95.1 Å². The van der Waals surface area contributed by atoms with Crippen LogP contribution in [0.2, 0.25) is 0 Å². The molecule has 0 saturated carbocycles. The van der Waals surface area contributed by atoms with Crippen LogP contribution in [0.3, 0.4) is 0 Å². The molecule has 0 aromatic heterocycles. The van der Waals surface area contributed by atoms with Gasteiger partial charge in [-0.25, -0.2) is 18.0 Å². The Morgan fingerprint density at radius 3 is 2.09 bits per heavy atom. The van der Waals surface area contributed by atoms with E-state index >= 15 is 0 Å². The number of urea groups is 1. The lowest BCUT2D eigenvalue weighted by Gasteiger charge is -2.39. The fourth-order valence-corrected chi connectivity index (χ4v) is 6.20. The van der Waals surface area contributed by atoms with E-state index in [0.717, 1.165) is 27.6 Å². The molecule has 3 N–H and O–H groups in total. The first kappa shape index (κ1) is 32.5. The molecule has 4 rings (SSSR count). The third kappa shape index (κ3) is 7.55. The molecule has 0 radical (unpaired) electrons. The van der Waals surface area contributed by atoms with Crippen LogP contribution in [0.4, 0.5) is 23.7 Å². The van der Waals surface area contributed by atoms with Gasteiger partial charge in [-0.2, -0.15) is 17.5 Å². The van der Waals surface area contributed by atoms with Crippen molar-refractivity contribution in [2.45, 2.75) is 43.4 Å². The second-order valence-corrected chi connectivity index (χ2v) is 12.4. The number of nitrogens with one attached hydrogen (secondary N) is 2. The second kappa shape index (κ2) is 13.1. The van der Waals surface area contributed by atoms with Gasteiger partial charge in [0.05, 0.1) is 16.0 Å². The Kier molecular flexibility index (Phi) is 9.64. The van der Waals surface area contributed by atoms with Gasteiger partial charge in [-0.15, -0.1) is 0 Å². The van der Waals surface area contributed by atoms with Gasteiger partial charge >= 0.3 is 18.2 Å². The van der Waals surface area contributed by atoms with E-state index in [1.807, 2.05) is 38.1 Å². The van der Waals surface area contributed by atoms with E-state index in [2.05, 4.69) is 10.6 Å². The number of hydrogen-bond acceptors (Lipinski definition) is 5. The van der Waals surface area contributed by atoms with Gasteiger partial charge in [0, 0.05) is 31.9 Å². The zero-order valence-electron chi connectivity index (χ0n) is 23.8. The third-order valence-corrected chi connectivity index (χ3v) is 9.13. The highest BCUT2D eigenvalue weighted by molar-refractivity contribution is 7.89. The van der Waals surface area contributed by atoms with Crippen LogP contribution in [0, 0.1) is 0 Å². The highest BCUT2D eigenvalue weighted by Gasteiger charge is 2.42. The summed E-state index contributed by atoms with van der Waals surface area (Å²) in [7, 11) is -4.45. The summed E-state index contributed by atoms with van der Waals surface area (Å²) in [4.78, 5) is 38.5. The Morgan fingerprint density at radius 1 is 0.932 bits per heavy atom. The zero-order chi connectivity index (χ0) is 32.2. The summed E-state index contributed by atoms with van der Waals surface area (Å²) in [5.74, 6) is -1.54. The van der Waals surface area contributed by atoms with Crippen LogP contribution in [0.1, 0.15) is 46.8 Å². The van der Waals surface area contributed by atoms with Crippen molar-refractivity contribution in [2.75, 3.05) is 25.0 Å². The van der Waals surface area contributed by atoms with Gasteiger partial charge in [-0.3, -0.25) is 4.79 Å². The van der Waals surface area contributed by atoms with Gasteiger partial charge in [-0.1, -0.05) is 38.1 Å². The number of rotatable bonds is 8. The summed E-state index contributed by atoms with van der Waals surface area (Å²) in [6.45, 7) is 3.37. The van der Waals surface area contributed by atoms with Gasteiger partial charge in [-0.05, 0) is 65.6 Å². The zero-order valence-corrected chi connectivity index (χ0v) is 24.7. The van der Waals surface area contributed by atoms with Crippen LogP contribution in [0.5, 0.6) is 0 Å². The molecule has 234 valence electrons. The number of carboxylic acid groups (broad SMARTS) is 1. The SMILES string of the molecule is CC(C)c1ccc(CNC(=O)C2CN(C(=O)Nc3ccc(C(=O)O)cc3)CCN2S(=O)(=O)c2ccc(C(F)(F)F)cc2)cc1. The number of halogens is 3. The van der Waals surface area contributed by atoms with E-state index in [1.54, 1.807) is 0 Å². The number of aromatic carboxylic acids is 1. The average Bonchev–Trinajstić information content (AvgIpc) is 2.99. The highest BCUT2D eigenvalue weighted by atomic mass is 32.2. The fraction of sp³-hybridized carbons (Fsp3) is 0.300. The maximum Gasteiger partial charge on any atom is 0.416 e. The molecular weight excluding hydrogens is 601 g/mol. The van der Waals surface area contributed by atoms with Gasteiger partial charge in [0.15, 0.2) is 0 Å². The van der Waals surface area contributed by atoms with Gasteiger partial charge in [0.25, 0.3) is 0 Å². The summed E-state index contributed by atoms with van der Waals surface area (Å²) >= 11 is 0. The molecule has 1 aliphatic rings. The number of carbonyl (C=O) groups is 3. The maximum atomic E-state index is 13.6. The smallest absolute Gasteiger partial charge is 0.416 e. The van der Waals surface area contributed by atoms with E-state index in [0.29, 0.717) is 18.1 Å². The first-order chi connectivity index (χ1) is 20.7. The number of carbonyl (C=O) groups excluding carboxylic acids is 2. The summed E-state index contributed by atoms with van der Waals surface area (Å²) < 4.78 is 67.3. The molecule has 14 heteroatoms. The largest absolute Gasteiger partial charge is 0.478 e. The number of amides is 3. The van der Waals surface area contributed by atoms with Crippen LogP contribution in [0.25, 0.3) is 0 Å². The molecule has 3 aromatic rings. The third-order valence-electron chi connectivity index (χ3n) is 7.21. The Bertz CT molecular complexity index is 1610. The Balaban J connectivity index is 1.56. The predicted octanol–water partition coefficient (Wildman–Crippen LogP) is 4.75. The molecule has 1 heterocycles. The van der Waals surface area contributed by atoms with Crippen molar-refractivity contribution >= 4 is 33.6 Å². The lowest BCUT2D eigenvalue weighted by Crippen LogP contribution is -2.61. The van der Waals surface area contributed by atoms with Crippen molar-refractivity contribution in [2.24, 2.45) is 0 Å². The van der Waals surface area contributed by atoms with E-state index in [9.17, 15) is 36.0 Å². The van der Waals surface area contributed by atoms with E-state index in [1.165, 1.54) is 29.2 Å². The monoisotopic (exact) mass is 632 g/mol. The molecule has 3 amide bonds. The molecular formula is C30H31F3N4O6S. The van der Waals surface area contributed by atoms with E-state index in [4.69, 9.17) is 5.11 Å². The Hall–Kier alpha value is -4.43. The lowest BCUT2D eigenvalue weighted by atomic mass is 10.0. The number of benzene rings is 3. The molecule has 1 aliphatic heterocycles. The van der Waals surface area contributed by atoms with Crippen LogP contribution < -0.4 is 10.6 Å². The topological polar surface area (TPSA) is 136 Å². The number of nitrogens with zero attached hydrogens (tertiary/aromatic N) is 2. The van der Waals surface area contributed by atoms with Gasteiger partial charge in [0.2, 0.25) is 15.9 Å². The number of alkyl halides is 3. The fourth-order valence-electron chi connectivity index (χ4n) is 4.63. The first-order valence-electron chi connectivity index (χ1n) is 13.6. The van der Waals surface area contributed by atoms with Crippen molar-refractivity contribution in [1.29, 1.82) is 0 Å². The molecule has 1 unspecified atom stereocenters. The second-order valence-electron chi connectivity index (χ2n) is 10.5. The minimum absolute atomic E-state index is 0.0145. The molecule has 10 nitrogen and oxygen atoms in total. The number of piperazine rings is 1. The van der Waals surface area contributed by atoms with Gasteiger partial charge < -0.3 is 20.6 Å². The standard InChI is InChI=1S/C30H31F3N4O6S/c1-19(2)21-5-3-20(4-6-21)17-34-27(38)26-18-36(29(41)35-24-11-7-22(8-12-24)28(39)40)15-16-37(26)44(42,43)25-13-9-23(10-14-25)30(31,32)33/h3-14,19,26H,15-18H2,1-2H3,(H,34,38)(H,35,41)(H,39,40). The number of carboxylic acids is 1. The summed E-state index contributed by atoms with van der Waals surface area (Å²) in [5.41, 5.74) is 1.13. The molecule has 3 aromatic carbocycles. The van der Waals surface area contributed by atoms with E-state index < -0.39 is 50.6 Å². The summed E-state index contributed by atoms with van der Waals surface area (Å²) in [5, 5.41) is 14.4. The average molecular weight is 633 g/mol. The molecule has 0 spiro atoms. The molecule has 1 saturated heterocycles.